The second kappa shape index (κ2) is 5.50. The Morgan fingerprint density at radius 3 is 1.94 bits per heavy atom. The normalized spacial score (nSPS) is 45.6. The smallest absolute Gasteiger partial charge is 0.0628 e. The molecule has 0 aromatic heterocycles. The molecule has 1 aliphatic heterocycles. The number of ether oxygens (including phenoxy) is 2. The fourth-order valence-electron chi connectivity index (χ4n) is 3.09. The fourth-order valence-corrected chi connectivity index (χ4v) is 3.09. The van der Waals surface area contributed by atoms with Gasteiger partial charge in [-0.15, -0.1) is 0 Å². The molecule has 2 atom stereocenters. The largest absolute Gasteiger partial charge is 0.375 e. The standard InChI is InChI=1S/C14H26O2/c1-10-4-6-13(7-5-10)16-14-8-11(2)15-12(3)9-14/h10-14H,4-9H2,1-3H3/t10-,11?,12?,13-,14?. The van der Waals surface area contributed by atoms with Gasteiger partial charge in [-0.05, 0) is 58.3 Å². The molecule has 1 saturated heterocycles. The SMILES string of the molecule is CC1CC(O[C@H]2CC[C@H](C)CC2)CC(C)O1. The molecule has 2 aliphatic rings. The minimum absolute atomic E-state index is 0.372. The molecule has 2 nitrogen and oxygen atoms in total. The quantitative estimate of drug-likeness (QED) is 0.717. The average Bonchev–Trinajstić information content (AvgIpc) is 2.20. The van der Waals surface area contributed by atoms with Gasteiger partial charge in [0, 0.05) is 0 Å². The fraction of sp³-hybridized carbons (Fsp3) is 1.00. The molecule has 1 aliphatic carbocycles. The van der Waals surface area contributed by atoms with Crippen LogP contribution in [0.1, 0.15) is 59.3 Å². The van der Waals surface area contributed by atoms with Gasteiger partial charge in [0.05, 0.1) is 24.4 Å². The van der Waals surface area contributed by atoms with Crippen LogP contribution in [0.2, 0.25) is 0 Å². The molecule has 2 fully saturated rings. The van der Waals surface area contributed by atoms with Crippen LogP contribution in [0.5, 0.6) is 0 Å². The lowest BCUT2D eigenvalue weighted by Gasteiger charge is -2.36. The second-order valence-corrected chi connectivity index (χ2v) is 5.87. The van der Waals surface area contributed by atoms with E-state index in [9.17, 15) is 0 Å². The summed E-state index contributed by atoms with van der Waals surface area (Å²) < 4.78 is 12.0. The molecule has 0 N–H and O–H groups in total. The van der Waals surface area contributed by atoms with Gasteiger partial charge in [-0.25, -0.2) is 0 Å². The van der Waals surface area contributed by atoms with E-state index < -0.39 is 0 Å². The monoisotopic (exact) mass is 226 g/mol. The Kier molecular flexibility index (Phi) is 4.26. The molecule has 16 heavy (non-hydrogen) atoms. The van der Waals surface area contributed by atoms with Crippen LogP contribution in [0.15, 0.2) is 0 Å². The van der Waals surface area contributed by atoms with E-state index in [0.29, 0.717) is 24.4 Å². The van der Waals surface area contributed by atoms with Gasteiger partial charge in [-0.1, -0.05) is 6.92 Å². The van der Waals surface area contributed by atoms with Gasteiger partial charge >= 0.3 is 0 Å². The van der Waals surface area contributed by atoms with Crippen molar-refractivity contribution < 1.29 is 9.47 Å². The highest BCUT2D eigenvalue weighted by Crippen LogP contribution is 2.29. The minimum Gasteiger partial charge on any atom is -0.375 e. The van der Waals surface area contributed by atoms with E-state index in [1.807, 2.05) is 0 Å². The number of hydrogen-bond donors (Lipinski definition) is 0. The second-order valence-electron chi connectivity index (χ2n) is 5.87. The van der Waals surface area contributed by atoms with Crippen molar-refractivity contribution in [1.29, 1.82) is 0 Å². The van der Waals surface area contributed by atoms with E-state index >= 15 is 0 Å². The van der Waals surface area contributed by atoms with Gasteiger partial charge in [0.1, 0.15) is 0 Å². The highest BCUT2D eigenvalue weighted by Gasteiger charge is 2.28. The van der Waals surface area contributed by atoms with Gasteiger partial charge in [0.15, 0.2) is 0 Å². The van der Waals surface area contributed by atoms with E-state index in [1.54, 1.807) is 0 Å². The summed E-state index contributed by atoms with van der Waals surface area (Å²) in [5.74, 6) is 0.910. The highest BCUT2D eigenvalue weighted by molar-refractivity contribution is 4.77. The zero-order chi connectivity index (χ0) is 11.5. The van der Waals surface area contributed by atoms with Crippen molar-refractivity contribution in [3.63, 3.8) is 0 Å². The van der Waals surface area contributed by atoms with Crippen LogP contribution >= 0.6 is 0 Å². The van der Waals surface area contributed by atoms with Gasteiger partial charge in [-0.2, -0.15) is 0 Å². The molecule has 2 rings (SSSR count). The molecule has 1 heterocycles. The molecule has 94 valence electrons. The molecule has 0 aromatic carbocycles. The molecule has 1 saturated carbocycles. The Balaban J connectivity index is 1.76. The molecular weight excluding hydrogens is 200 g/mol. The Labute approximate surface area is 99.7 Å². The number of hydrogen-bond acceptors (Lipinski definition) is 2. The van der Waals surface area contributed by atoms with Gasteiger partial charge in [0.25, 0.3) is 0 Å². The predicted molar refractivity (Wildman–Crippen MR) is 65.5 cm³/mol. The van der Waals surface area contributed by atoms with E-state index in [1.165, 1.54) is 25.7 Å². The summed E-state index contributed by atoms with van der Waals surface area (Å²) in [4.78, 5) is 0. The van der Waals surface area contributed by atoms with Gasteiger partial charge in [0.2, 0.25) is 0 Å². The first-order valence-electron chi connectivity index (χ1n) is 6.94. The summed E-state index contributed by atoms with van der Waals surface area (Å²) in [6.07, 6.45) is 9.09. The van der Waals surface area contributed by atoms with E-state index in [-0.39, 0.29) is 0 Å². The summed E-state index contributed by atoms with van der Waals surface area (Å²) in [6.45, 7) is 6.68. The summed E-state index contributed by atoms with van der Waals surface area (Å²) >= 11 is 0. The lowest BCUT2D eigenvalue weighted by atomic mass is 9.88. The van der Waals surface area contributed by atoms with Crippen LogP contribution < -0.4 is 0 Å². The van der Waals surface area contributed by atoms with Gasteiger partial charge < -0.3 is 9.47 Å². The zero-order valence-corrected chi connectivity index (χ0v) is 10.9. The topological polar surface area (TPSA) is 18.5 Å². The highest BCUT2D eigenvalue weighted by atomic mass is 16.5. The van der Waals surface area contributed by atoms with Gasteiger partial charge in [-0.3, -0.25) is 0 Å². The summed E-state index contributed by atoms with van der Waals surface area (Å²) in [5, 5.41) is 0. The molecule has 0 aromatic rings. The third-order valence-electron chi connectivity index (χ3n) is 4.00. The van der Waals surface area contributed by atoms with E-state index in [0.717, 1.165) is 18.8 Å². The first kappa shape index (κ1) is 12.4. The third-order valence-corrected chi connectivity index (χ3v) is 4.00. The third kappa shape index (κ3) is 3.46. The van der Waals surface area contributed by atoms with E-state index in [4.69, 9.17) is 9.47 Å². The average molecular weight is 226 g/mol. The maximum Gasteiger partial charge on any atom is 0.0628 e. The van der Waals surface area contributed by atoms with Crippen LogP contribution in [-0.4, -0.2) is 24.4 Å². The Morgan fingerprint density at radius 2 is 1.38 bits per heavy atom. The van der Waals surface area contributed by atoms with Crippen molar-refractivity contribution in [2.45, 2.75) is 83.7 Å². The predicted octanol–water partition coefficient (Wildman–Crippen LogP) is 3.54. The molecule has 0 radical (unpaired) electrons. The molecule has 0 bridgehead atoms. The van der Waals surface area contributed by atoms with Crippen molar-refractivity contribution in [2.75, 3.05) is 0 Å². The maximum absolute atomic E-state index is 6.24. The molecule has 2 unspecified atom stereocenters. The molecule has 2 heteroatoms. The van der Waals surface area contributed by atoms with Crippen LogP contribution in [0.3, 0.4) is 0 Å². The lowest BCUT2D eigenvalue weighted by Crippen LogP contribution is -2.37. The first-order valence-corrected chi connectivity index (χ1v) is 6.94. The van der Waals surface area contributed by atoms with Crippen molar-refractivity contribution in [2.24, 2.45) is 5.92 Å². The maximum atomic E-state index is 6.24. The Hall–Kier alpha value is -0.0800. The molecular formula is C14H26O2. The molecule has 0 amide bonds. The number of rotatable bonds is 2. The van der Waals surface area contributed by atoms with Crippen LogP contribution in [0, 0.1) is 5.92 Å². The van der Waals surface area contributed by atoms with Crippen molar-refractivity contribution >= 4 is 0 Å². The summed E-state index contributed by atoms with van der Waals surface area (Å²) in [5.41, 5.74) is 0. The lowest BCUT2D eigenvalue weighted by molar-refractivity contribution is -0.128. The first-order chi connectivity index (χ1) is 7.63. The van der Waals surface area contributed by atoms with Crippen molar-refractivity contribution in [3.05, 3.63) is 0 Å². The van der Waals surface area contributed by atoms with Crippen molar-refractivity contribution in [3.8, 4) is 0 Å². The zero-order valence-electron chi connectivity index (χ0n) is 10.9. The minimum atomic E-state index is 0.372. The Bertz CT molecular complexity index is 199. The summed E-state index contributed by atoms with van der Waals surface area (Å²) in [6, 6.07) is 0. The summed E-state index contributed by atoms with van der Waals surface area (Å²) in [7, 11) is 0. The Morgan fingerprint density at radius 1 is 0.812 bits per heavy atom. The van der Waals surface area contributed by atoms with Crippen molar-refractivity contribution in [1.82, 2.24) is 0 Å². The van der Waals surface area contributed by atoms with Crippen LogP contribution in [0.4, 0.5) is 0 Å². The van der Waals surface area contributed by atoms with Crippen LogP contribution in [0.25, 0.3) is 0 Å². The molecule has 0 spiro atoms. The van der Waals surface area contributed by atoms with E-state index in [2.05, 4.69) is 20.8 Å². The van der Waals surface area contributed by atoms with Crippen LogP contribution in [-0.2, 0) is 9.47 Å².